The van der Waals surface area contributed by atoms with Crippen molar-refractivity contribution in [3.8, 4) is 0 Å². The smallest absolute Gasteiger partial charge is 0.251 e. The van der Waals surface area contributed by atoms with Gasteiger partial charge >= 0.3 is 0 Å². The molecule has 20 heavy (non-hydrogen) atoms. The Hall–Kier alpha value is -2.63. The fourth-order valence-electron chi connectivity index (χ4n) is 1.65. The van der Waals surface area contributed by atoms with Gasteiger partial charge in [0.25, 0.3) is 5.91 Å². The highest BCUT2D eigenvalue weighted by Crippen LogP contribution is 1.97. The average Bonchev–Trinajstić information content (AvgIpc) is 2.99. The van der Waals surface area contributed by atoms with Gasteiger partial charge in [-0.1, -0.05) is 18.2 Å². The molecular formula is C14H16N4O2. The van der Waals surface area contributed by atoms with Gasteiger partial charge in [0.05, 0.1) is 6.54 Å². The zero-order valence-electron chi connectivity index (χ0n) is 10.9. The molecule has 104 valence electrons. The van der Waals surface area contributed by atoms with Crippen LogP contribution in [0.2, 0.25) is 0 Å². The Morgan fingerprint density at radius 2 is 1.95 bits per heavy atom. The largest absolute Gasteiger partial charge is 0.352 e. The summed E-state index contributed by atoms with van der Waals surface area (Å²) in [6.07, 6.45) is 3.56. The number of nitrogens with one attached hydrogen (secondary N) is 3. The standard InChI is InChI=1S/C14H16N4O2/c19-13(18-10-12-15-8-9-16-12)6-7-17-14(20)11-4-2-1-3-5-11/h1-5,8-9H,6-7,10H2,(H,15,16)(H,17,20)(H,18,19). The number of carbonyl (C=O) groups excluding carboxylic acids is 2. The molecule has 6 nitrogen and oxygen atoms in total. The molecule has 0 aliphatic rings. The van der Waals surface area contributed by atoms with E-state index in [-0.39, 0.29) is 18.2 Å². The summed E-state index contributed by atoms with van der Waals surface area (Å²) in [5.41, 5.74) is 0.587. The number of aromatic amines is 1. The second kappa shape index (κ2) is 7.08. The van der Waals surface area contributed by atoms with Crippen molar-refractivity contribution >= 4 is 11.8 Å². The summed E-state index contributed by atoms with van der Waals surface area (Å²) in [6, 6.07) is 8.90. The molecule has 2 rings (SSSR count). The second-order valence-corrected chi connectivity index (χ2v) is 4.18. The predicted octanol–water partition coefficient (Wildman–Crippen LogP) is 0.846. The first-order chi connectivity index (χ1) is 9.75. The summed E-state index contributed by atoms with van der Waals surface area (Å²) in [4.78, 5) is 30.2. The predicted molar refractivity (Wildman–Crippen MR) is 73.8 cm³/mol. The van der Waals surface area contributed by atoms with Crippen molar-refractivity contribution < 1.29 is 9.59 Å². The van der Waals surface area contributed by atoms with Crippen LogP contribution in [0.15, 0.2) is 42.7 Å². The maximum absolute atomic E-state index is 11.7. The van der Waals surface area contributed by atoms with Gasteiger partial charge in [0, 0.05) is 30.9 Å². The Labute approximate surface area is 116 Å². The zero-order chi connectivity index (χ0) is 14.2. The number of nitrogens with zero attached hydrogens (tertiary/aromatic N) is 1. The molecule has 0 aliphatic heterocycles. The molecule has 0 bridgehead atoms. The van der Waals surface area contributed by atoms with Gasteiger partial charge in [0.2, 0.25) is 5.91 Å². The molecule has 3 N–H and O–H groups in total. The van der Waals surface area contributed by atoms with Gasteiger partial charge in [-0.2, -0.15) is 0 Å². The highest BCUT2D eigenvalue weighted by atomic mass is 16.2. The quantitative estimate of drug-likeness (QED) is 0.728. The van der Waals surface area contributed by atoms with Gasteiger partial charge in [-0.25, -0.2) is 4.98 Å². The SMILES string of the molecule is O=C(CCNC(=O)c1ccccc1)NCc1ncc[nH]1. The maximum Gasteiger partial charge on any atom is 0.251 e. The van der Waals surface area contributed by atoms with Gasteiger partial charge in [0.1, 0.15) is 5.82 Å². The molecule has 0 atom stereocenters. The van der Waals surface area contributed by atoms with Crippen molar-refractivity contribution in [3.63, 3.8) is 0 Å². The Bertz CT molecular complexity index is 552. The molecule has 2 aromatic rings. The third-order valence-electron chi connectivity index (χ3n) is 2.68. The van der Waals surface area contributed by atoms with Crippen LogP contribution in [0, 0.1) is 0 Å². The van der Waals surface area contributed by atoms with Gasteiger partial charge in [-0.3, -0.25) is 9.59 Å². The molecule has 1 aromatic carbocycles. The number of rotatable bonds is 6. The van der Waals surface area contributed by atoms with E-state index in [9.17, 15) is 9.59 Å². The van der Waals surface area contributed by atoms with E-state index >= 15 is 0 Å². The first kappa shape index (κ1) is 13.8. The Morgan fingerprint density at radius 3 is 2.65 bits per heavy atom. The topological polar surface area (TPSA) is 86.9 Å². The monoisotopic (exact) mass is 272 g/mol. The lowest BCUT2D eigenvalue weighted by Crippen LogP contribution is -2.30. The third-order valence-corrected chi connectivity index (χ3v) is 2.68. The number of carbonyl (C=O) groups is 2. The van der Waals surface area contributed by atoms with Crippen molar-refractivity contribution in [2.75, 3.05) is 6.54 Å². The van der Waals surface area contributed by atoms with Crippen molar-refractivity contribution in [1.29, 1.82) is 0 Å². The minimum absolute atomic E-state index is 0.130. The van der Waals surface area contributed by atoms with Gasteiger partial charge < -0.3 is 15.6 Å². The van der Waals surface area contributed by atoms with E-state index in [4.69, 9.17) is 0 Å². The highest BCUT2D eigenvalue weighted by molar-refractivity contribution is 5.94. The summed E-state index contributed by atoms with van der Waals surface area (Å²) in [7, 11) is 0. The van der Waals surface area contributed by atoms with E-state index in [0.717, 1.165) is 0 Å². The van der Waals surface area contributed by atoms with Gasteiger partial charge in [0.15, 0.2) is 0 Å². The van der Waals surface area contributed by atoms with Crippen molar-refractivity contribution in [2.24, 2.45) is 0 Å². The van der Waals surface area contributed by atoms with E-state index in [2.05, 4.69) is 20.6 Å². The summed E-state index contributed by atoms with van der Waals surface area (Å²) in [6.45, 7) is 0.663. The summed E-state index contributed by atoms with van der Waals surface area (Å²) in [5.74, 6) is 0.394. The molecule has 1 aromatic heterocycles. The molecule has 0 saturated carbocycles. The fourth-order valence-corrected chi connectivity index (χ4v) is 1.65. The van der Waals surface area contributed by atoms with Crippen LogP contribution in [0.5, 0.6) is 0 Å². The van der Waals surface area contributed by atoms with E-state index in [1.165, 1.54) is 0 Å². The second-order valence-electron chi connectivity index (χ2n) is 4.18. The number of amides is 2. The van der Waals surface area contributed by atoms with Crippen molar-refractivity contribution in [1.82, 2.24) is 20.6 Å². The molecule has 0 radical (unpaired) electrons. The first-order valence-electron chi connectivity index (χ1n) is 6.34. The molecule has 0 unspecified atom stereocenters. The Morgan fingerprint density at radius 1 is 1.15 bits per heavy atom. The Balaban J connectivity index is 1.65. The first-order valence-corrected chi connectivity index (χ1v) is 6.34. The van der Waals surface area contributed by atoms with E-state index in [1.807, 2.05) is 6.07 Å². The lowest BCUT2D eigenvalue weighted by molar-refractivity contribution is -0.121. The average molecular weight is 272 g/mol. The lowest BCUT2D eigenvalue weighted by atomic mass is 10.2. The zero-order valence-corrected chi connectivity index (χ0v) is 10.9. The molecular weight excluding hydrogens is 256 g/mol. The maximum atomic E-state index is 11.7. The van der Waals surface area contributed by atoms with E-state index in [0.29, 0.717) is 24.5 Å². The lowest BCUT2D eigenvalue weighted by Gasteiger charge is -2.05. The minimum atomic E-state index is -0.176. The normalized spacial score (nSPS) is 10.0. The number of benzene rings is 1. The van der Waals surface area contributed by atoms with Crippen LogP contribution in [0.3, 0.4) is 0 Å². The van der Waals surface area contributed by atoms with Crippen LogP contribution in [0.4, 0.5) is 0 Å². The van der Waals surface area contributed by atoms with Crippen LogP contribution < -0.4 is 10.6 Å². The van der Waals surface area contributed by atoms with E-state index in [1.54, 1.807) is 36.7 Å². The molecule has 0 saturated heterocycles. The summed E-state index contributed by atoms with van der Waals surface area (Å²) >= 11 is 0. The molecule has 0 spiro atoms. The number of imidazole rings is 1. The van der Waals surface area contributed by atoms with Crippen LogP contribution in [-0.4, -0.2) is 28.3 Å². The highest BCUT2D eigenvalue weighted by Gasteiger charge is 2.06. The number of hydrogen-bond donors (Lipinski definition) is 3. The van der Waals surface area contributed by atoms with Crippen LogP contribution in [0.25, 0.3) is 0 Å². The van der Waals surface area contributed by atoms with Gasteiger partial charge in [-0.05, 0) is 12.1 Å². The minimum Gasteiger partial charge on any atom is -0.352 e. The van der Waals surface area contributed by atoms with Crippen molar-refractivity contribution in [3.05, 3.63) is 54.1 Å². The van der Waals surface area contributed by atoms with Gasteiger partial charge in [-0.15, -0.1) is 0 Å². The Kier molecular flexibility index (Phi) is 4.88. The number of H-pyrrole nitrogens is 1. The molecule has 0 aliphatic carbocycles. The summed E-state index contributed by atoms with van der Waals surface area (Å²) < 4.78 is 0. The van der Waals surface area contributed by atoms with Crippen LogP contribution >= 0.6 is 0 Å². The van der Waals surface area contributed by atoms with E-state index < -0.39 is 0 Å². The molecule has 6 heteroatoms. The molecule has 0 fully saturated rings. The van der Waals surface area contributed by atoms with Crippen molar-refractivity contribution in [2.45, 2.75) is 13.0 Å². The number of hydrogen-bond acceptors (Lipinski definition) is 3. The van der Waals surface area contributed by atoms with Crippen LogP contribution in [0.1, 0.15) is 22.6 Å². The molecule has 2 amide bonds. The fraction of sp³-hybridized carbons (Fsp3) is 0.214. The molecule has 1 heterocycles. The third kappa shape index (κ3) is 4.24. The van der Waals surface area contributed by atoms with Crippen LogP contribution in [-0.2, 0) is 11.3 Å². The summed E-state index contributed by atoms with van der Waals surface area (Å²) in [5, 5.41) is 5.41. The number of aromatic nitrogens is 2.